The van der Waals surface area contributed by atoms with Gasteiger partial charge in [0.05, 0.1) is 18.6 Å². The van der Waals surface area contributed by atoms with Crippen molar-refractivity contribution in [3.8, 4) is 22.8 Å². The second kappa shape index (κ2) is 8.33. The average Bonchev–Trinajstić information content (AvgIpc) is 3.38. The molecule has 0 radical (unpaired) electrons. The zero-order valence-corrected chi connectivity index (χ0v) is 16.6. The lowest BCUT2D eigenvalue weighted by atomic mass is 10.1. The van der Waals surface area contributed by atoms with Crippen LogP contribution in [0.2, 0.25) is 0 Å². The average molecular weight is 428 g/mol. The maximum atomic E-state index is 12.4. The maximum absolute atomic E-state index is 12.4. The highest BCUT2D eigenvalue weighted by Crippen LogP contribution is 2.35. The number of amides is 1. The number of carbonyl (C=O) groups excluding carboxylic acids is 2. The van der Waals surface area contributed by atoms with Crippen LogP contribution in [0.3, 0.4) is 0 Å². The lowest BCUT2D eigenvalue weighted by molar-refractivity contribution is -0.116. The molecule has 154 valence electrons. The molecule has 11 heteroatoms. The van der Waals surface area contributed by atoms with Gasteiger partial charge in [0, 0.05) is 17.0 Å². The monoisotopic (exact) mass is 428 g/mol. The molecular weight excluding hydrogens is 412 g/mol. The molecule has 4 rings (SSSR count). The van der Waals surface area contributed by atoms with Gasteiger partial charge in [-0.1, -0.05) is 0 Å². The Bertz CT molecular complexity index is 1170. The summed E-state index contributed by atoms with van der Waals surface area (Å²) >= 11 is 1.09. The largest absolute Gasteiger partial charge is 0.461 e. The molecule has 1 aliphatic rings. The van der Waals surface area contributed by atoms with Crippen LogP contribution in [0.1, 0.15) is 17.4 Å². The first-order chi connectivity index (χ1) is 14.5. The van der Waals surface area contributed by atoms with Crippen molar-refractivity contribution >= 4 is 28.3 Å². The topological polar surface area (TPSA) is 122 Å². The molecule has 1 aliphatic heterocycles. The fourth-order valence-corrected chi connectivity index (χ4v) is 3.40. The van der Waals surface area contributed by atoms with E-state index >= 15 is 0 Å². The third kappa shape index (κ3) is 4.15. The van der Waals surface area contributed by atoms with Crippen LogP contribution in [0.15, 0.2) is 40.8 Å². The number of hydrogen-bond donors (Lipinski definition) is 1. The summed E-state index contributed by atoms with van der Waals surface area (Å²) in [6, 6.07) is 6.60. The van der Waals surface area contributed by atoms with Crippen LogP contribution in [0.4, 0.5) is 5.13 Å². The zero-order chi connectivity index (χ0) is 21.1. The van der Waals surface area contributed by atoms with E-state index in [0.29, 0.717) is 22.8 Å². The molecule has 1 N–H and O–H groups in total. The van der Waals surface area contributed by atoms with Gasteiger partial charge in [0.15, 0.2) is 22.3 Å². The second-order valence-corrected chi connectivity index (χ2v) is 6.97. The molecule has 3 heterocycles. The van der Waals surface area contributed by atoms with Gasteiger partial charge in [0.1, 0.15) is 6.54 Å². The summed E-state index contributed by atoms with van der Waals surface area (Å²) in [6.07, 6.45) is 1.30. The number of nitrogens with zero attached hydrogens (tertiary/aromatic N) is 3. The minimum atomic E-state index is -0.561. The van der Waals surface area contributed by atoms with Crippen LogP contribution in [0.5, 0.6) is 11.5 Å². The van der Waals surface area contributed by atoms with E-state index in [1.54, 1.807) is 25.1 Å². The highest BCUT2D eigenvalue weighted by molar-refractivity contribution is 7.14. The molecule has 0 aliphatic carbocycles. The van der Waals surface area contributed by atoms with Gasteiger partial charge in [0.25, 0.3) is 5.56 Å². The van der Waals surface area contributed by atoms with Gasteiger partial charge in [-0.15, -0.1) is 11.3 Å². The Hall–Kier alpha value is -3.73. The van der Waals surface area contributed by atoms with Gasteiger partial charge in [-0.2, -0.15) is 0 Å². The first-order valence-electron chi connectivity index (χ1n) is 8.92. The Balaban J connectivity index is 1.43. The first-order valence-corrected chi connectivity index (χ1v) is 9.80. The second-order valence-electron chi connectivity index (χ2n) is 6.11. The molecule has 1 aromatic carbocycles. The van der Waals surface area contributed by atoms with Crippen molar-refractivity contribution < 1.29 is 23.8 Å². The van der Waals surface area contributed by atoms with Crippen molar-refractivity contribution in [3.63, 3.8) is 0 Å². The number of rotatable bonds is 6. The number of hydrogen-bond acceptors (Lipinski definition) is 9. The van der Waals surface area contributed by atoms with Crippen molar-refractivity contribution in [1.29, 1.82) is 0 Å². The van der Waals surface area contributed by atoms with E-state index in [-0.39, 0.29) is 36.3 Å². The number of nitrogens with one attached hydrogen (secondary N) is 1. The fourth-order valence-electron chi connectivity index (χ4n) is 2.70. The number of anilines is 1. The number of fused-ring (bicyclic) bond motifs is 1. The highest BCUT2D eigenvalue weighted by Gasteiger charge is 2.16. The summed E-state index contributed by atoms with van der Waals surface area (Å²) in [4.78, 5) is 44.5. The highest BCUT2D eigenvalue weighted by atomic mass is 32.1. The van der Waals surface area contributed by atoms with Gasteiger partial charge in [-0.3, -0.25) is 14.2 Å². The Morgan fingerprint density at radius 1 is 1.27 bits per heavy atom. The summed E-state index contributed by atoms with van der Waals surface area (Å²) in [5, 5.41) is 4.28. The SMILES string of the molecule is CCOC(=O)c1csc(NC(=O)Cn2cnc(-c3ccc4c(c3)OCO4)cc2=O)n1. The van der Waals surface area contributed by atoms with Gasteiger partial charge in [0.2, 0.25) is 12.7 Å². The molecule has 0 saturated heterocycles. The van der Waals surface area contributed by atoms with Crippen LogP contribution in [0.25, 0.3) is 11.3 Å². The Morgan fingerprint density at radius 3 is 2.90 bits per heavy atom. The van der Waals surface area contributed by atoms with Gasteiger partial charge >= 0.3 is 5.97 Å². The van der Waals surface area contributed by atoms with Crippen molar-refractivity contribution in [2.24, 2.45) is 0 Å². The molecule has 10 nitrogen and oxygen atoms in total. The molecule has 0 spiro atoms. The van der Waals surface area contributed by atoms with Crippen molar-refractivity contribution in [3.05, 3.63) is 52.0 Å². The third-order valence-electron chi connectivity index (χ3n) is 4.10. The maximum Gasteiger partial charge on any atom is 0.357 e. The smallest absolute Gasteiger partial charge is 0.357 e. The van der Waals surface area contributed by atoms with Crippen LogP contribution in [-0.2, 0) is 16.1 Å². The van der Waals surface area contributed by atoms with Crippen molar-refractivity contribution in [2.45, 2.75) is 13.5 Å². The van der Waals surface area contributed by atoms with E-state index in [1.165, 1.54) is 22.3 Å². The van der Waals surface area contributed by atoms with Crippen LogP contribution in [0, 0.1) is 0 Å². The third-order valence-corrected chi connectivity index (χ3v) is 4.85. The number of esters is 1. The van der Waals surface area contributed by atoms with E-state index in [9.17, 15) is 14.4 Å². The molecule has 1 amide bonds. The molecular formula is C19H16N4O6S. The fraction of sp³-hybridized carbons (Fsp3) is 0.211. The minimum Gasteiger partial charge on any atom is -0.461 e. The van der Waals surface area contributed by atoms with Crippen LogP contribution < -0.4 is 20.3 Å². The quantitative estimate of drug-likeness (QED) is 0.591. The molecule has 0 atom stereocenters. The van der Waals surface area contributed by atoms with Crippen LogP contribution in [-0.4, -0.2) is 39.8 Å². The minimum absolute atomic E-state index is 0.115. The number of benzene rings is 1. The normalized spacial score (nSPS) is 11.9. The van der Waals surface area contributed by atoms with E-state index in [2.05, 4.69) is 15.3 Å². The Labute approximate surface area is 174 Å². The summed E-state index contributed by atoms with van der Waals surface area (Å²) in [6.45, 7) is 1.83. The van der Waals surface area contributed by atoms with Crippen LogP contribution >= 0.6 is 11.3 Å². The summed E-state index contributed by atoms with van der Waals surface area (Å²) in [7, 11) is 0. The molecule has 30 heavy (non-hydrogen) atoms. The summed E-state index contributed by atoms with van der Waals surface area (Å²) in [5.74, 6) is 0.189. The molecule has 0 fully saturated rings. The summed E-state index contributed by atoms with van der Waals surface area (Å²) < 4.78 is 16.6. The van der Waals surface area contributed by atoms with Crippen molar-refractivity contribution in [2.75, 3.05) is 18.7 Å². The van der Waals surface area contributed by atoms with E-state index < -0.39 is 11.9 Å². The number of aromatic nitrogens is 3. The predicted molar refractivity (Wildman–Crippen MR) is 107 cm³/mol. The lowest BCUT2D eigenvalue weighted by Crippen LogP contribution is -2.27. The molecule has 0 bridgehead atoms. The van der Waals surface area contributed by atoms with Gasteiger partial charge in [-0.05, 0) is 25.1 Å². The Morgan fingerprint density at radius 2 is 2.10 bits per heavy atom. The van der Waals surface area contributed by atoms with E-state index in [1.807, 2.05) is 0 Å². The molecule has 3 aromatic rings. The molecule has 0 unspecified atom stereocenters. The van der Waals surface area contributed by atoms with E-state index in [0.717, 1.165) is 11.3 Å². The molecule has 0 saturated carbocycles. The van der Waals surface area contributed by atoms with Gasteiger partial charge in [-0.25, -0.2) is 14.8 Å². The molecule has 2 aromatic heterocycles. The van der Waals surface area contributed by atoms with E-state index in [4.69, 9.17) is 14.2 Å². The zero-order valence-electron chi connectivity index (χ0n) is 15.8. The first kappa shape index (κ1) is 19.6. The predicted octanol–water partition coefficient (Wildman–Crippen LogP) is 1.91. The standard InChI is InChI=1S/C19H16N4O6S/c1-2-27-18(26)13-8-30-19(21-13)22-16(24)7-23-9-20-12(6-17(23)25)11-3-4-14-15(5-11)29-10-28-14/h3-6,8-9H,2,7,10H2,1H3,(H,21,22,24). The number of ether oxygens (including phenoxy) is 3. The lowest BCUT2D eigenvalue weighted by Gasteiger charge is -2.07. The van der Waals surface area contributed by atoms with Crippen molar-refractivity contribution in [1.82, 2.24) is 14.5 Å². The number of carbonyl (C=O) groups is 2. The number of thiazole rings is 1. The Kier molecular flexibility index (Phi) is 5.44. The van der Waals surface area contributed by atoms with Gasteiger partial charge < -0.3 is 19.5 Å². The summed E-state index contributed by atoms with van der Waals surface area (Å²) in [5.41, 5.74) is 0.874.